The third-order valence-corrected chi connectivity index (χ3v) is 5.32. The van der Waals surface area contributed by atoms with Crippen LogP contribution in [0.5, 0.6) is 5.75 Å². The van der Waals surface area contributed by atoms with Crippen LogP contribution in [0.25, 0.3) is 16.7 Å². The van der Waals surface area contributed by atoms with Gasteiger partial charge in [-0.25, -0.2) is 9.67 Å². The zero-order valence-corrected chi connectivity index (χ0v) is 18.1. The van der Waals surface area contributed by atoms with Crippen LogP contribution in [0.3, 0.4) is 0 Å². The Labute approximate surface area is 185 Å². The Kier molecular flexibility index (Phi) is 6.30. The number of amides is 1. The molecule has 32 heavy (non-hydrogen) atoms. The number of aryl methyl sites for hydroxylation is 2. The first-order chi connectivity index (χ1) is 15.6. The molecule has 0 unspecified atom stereocenters. The van der Waals surface area contributed by atoms with Crippen LogP contribution in [-0.4, -0.2) is 38.9 Å². The monoisotopic (exact) mass is 431 g/mol. The van der Waals surface area contributed by atoms with Crippen LogP contribution >= 0.6 is 0 Å². The van der Waals surface area contributed by atoms with Gasteiger partial charge in [0.15, 0.2) is 5.65 Å². The van der Waals surface area contributed by atoms with E-state index >= 15 is 0 Å². The second-order valence-corrected chi connectivity index (χ2v) is 7.53. The molecule has 4 aromatic rings. The Morgan fingerprint density at radius 2 is 1.91 bits per heavy atom. The molecule has 0 bridgehead atoms. The number of methoxy groups -OCH3 is 1. The van der Waals surface area contributed by atoms with Crippen LogP contribution in [-0.2, 0) is 17.8 Å². The van der Waals surface area contributed by atoms with E-state index in [1.54, 1.807) is 11.8 Å². The molecule has 0 aliphatic heterocycles. The highest BCUT2D eigenvalue weighted by Gasteiger charge is 2.12. The van der Waals surface area contributed by atoms with Gasteiger partial charge in [-0.2, -0.15) is 5.10 Å². The lowest BCUT2D eigenvalue weighted by molar-refractivity contribution is -0.121. The van der Waals surface area contributed by atoms with E-state index in [-0.39, 0.29) is 24.4 Å². The van der Waals surface area contributed by atoms with Crippen LogP contribution in [0.4, 0.5) is 0 Å². The normalized spacial score (nSPS) is 10.9. The first kappa shape index (κ1) is 21.3. The Hall–Kier alpha value is -3.94. The third-order valence-electron chi connectivity index (χ3n) is 5.32. The topological polar surface area (TPSA) is 91.0 Å². The molecule has 2 aromatic heterocycles. The summed E-state index contributed by atoms with van der Waals surface area (Å²) in [5.41, 5.74) is 3.30. The van der Waals surface area contributed by atoms with Gasteiger partial charge in [0.2, 0.25) is 5.91 Å². The molecule has 8 heteroatoms. The van der Waals surface area contributed by atoms with Crippen molar-refractivity contribution in [3.05, 3.63) is 82.5 Å². The number of nitrogens with one attached hydrogen (secondary N) is 1. The highest BCUT2D eigenvalue weighted by atomic mass is 16.5. The van der Waals surface area contributed by atoms with Gasteiger partial charge in [0.05, 0.1) is 25.3 Å². The van der Waals surface area contributed by atoms with Crippen molar-refractivity contribution in [2.75, 3.05) is 13.7 Å². The van der Waals surface area contributed by atoms with E-state index < -0.39 is 0 Å². The number of para-hydroxylation sites is 1. The Morgan fingerprint density at radius 1 is 1.12 bits per heavy atom. The first-order valence-electron chi connectivity index (χ1n) is 10.5. The van der Waals surface area contributed by atoms with Crippen molar-refractivity contribution in [2.45, 2.75) is 26.3 Å². The predicted molar refractivity (Wildman–Crippen MR) is 122 cm³/mol. The van der Waals surface area contributed by atoms with Gasteiger partial charge in [0.1, 0.15) is 11.1 Å². The van der Waals surface area contributed by atoms with E-state index in [2.05, 4.69) is 15.4 Å². The van der Waals surface area contributed by atoms with Gasteiger partial charge < -0.3 is 10.1 Å². The maximum Gasteiger partial charge on any atom is 0.264 e. The van der Waals surface area contributed by atoms with Crippen molar-refractivity contribution in [1.29, 1.82) is 0 Å². The molecule has 164 valence electrons. The molecule has 8 nitrogen and oxygen atoms in total. The van der Waals surface area contributed by atoms with E-state index in [1.165, 1.54) is 17.1 Å². The summed E-state index contributed by atoms with van der Waals surface area (Å²) in [6.45, 7) is 2.75. The molecule has 0 saturated heterocycles. The second kappa shape index (κ2) is 9.47. The number of carbonyl (C=O) groups excluding carboxylic acids is 1. The molecule has 4 rings (SSSR count). The van der Waals surface area contributed by atoms with E-state index in [0.717, 1.165) is 22.6 Å². The lowest BCUT2D eigenvalue weighted by atomic mass is 10.1. The molecule has 0 atom stereocenters. The Bertz CT molecular complexity index is 1290. The number of ether oxygens (including phenoxy) is 1. The van der Waals surface area contributed by atoms with Crippen molar-refractivity contribution in [1.82, 2.24) is 24.6 Å². The molecular formula is C24H25N5O3. The lowest BCUT2D eigenvalue weighted by Crippen LogP contribution is -2.29. The minimum absolute atomic E-state index is 0.123. The number of hydrogen-bond donors (Lipinski definition) is 1. The Balaban J connectivity index is 1.38. The van der Waals surface area contributed by atoms with Crippen molar-refractivity contribution in [3.8, 4) is 11.4 Å². The number of hydrogen-bond acceptors (Lipinski definition) is 5. The third kappa shape index (κ3) is 4.54. The van der Waals surface area contributed by atoms with Gasteiger partial charge in [-0.1, -0.05) is 35.9 Å². The highest BCUT2D eigenvalue weighted by molar-refractivity contribution is 5.76. The fourth-order valence-electron chi connectivity index (χ4n) is 3.54. The second-order valence-electron chi connectivity index (χ2n) is 7.53. The smallest absolute Gasteiger partial charge is 0.264 e. The first-order valence-corrected chi connectivity index (χ1v) is 10.5. The average Bonchev–Trinajstić information content (AvgIpc) is 3.24. The minimum atomic E-state index is -0.213. The largest absolute Gasteiger partial charge is 0.496 e. The standard InChI is InChI=1S/C24H25N5O3/c1-17-7-9-19(10-8-17)29-23-20(15-27-29)24(31)28(16-26-23)14-12-22(30)25-13-11-18-5-3-4-6-21(18)32-2/h3-10,15-16H,11-14H2,1-2H3,(H,25,30). The maximum atomic E-state index is 12.8. The van der Waals surface area contributed by atoms with E-state index in [0.29, 0.717) is 24.0 Å². The van der Waals surface area contributed by atoms with Crippen molar-refractivity contribution in [3.63, 3.8) is 0 Å². The van der Waals surface area contributed by atoms with Gasteiger partial charge in [0.25, 0.3) is 5.56 Å². The van der Waals surface area contributed by atoms with Crippen LogP contribution in [0.1, 0.15) is 17.5 Å². The molecule has 1 N–H and O–H groups in total. The summed E-state index contributed by atoms with van der Waals surface area (Å²) < 4.78 is 8.42. The number of carbonyl (C=O) groups is 1. The molecule has 0 saturated carbocycles. The van der Waals surface area contributed by atoms with Gasteiger partial charge in [0, 0.05) is 19.5 Å². The van der Waals surface area contributed by atoms with Gasteiger partial charge >= 0.3 is 0 Å². The van der Waals surface area contributed by atoms with E-state index in [9.17, 15) is 9.59 Å². The molecule has 0 radical (unpaired) electrons. The maximum absolute atomic E-state index is 12.8. The molecule has 0 spiro atoms. The molecule has 1 amide bonds. The SMILES string of the molecule is COc1ccccc1CCNC(=O)CCn1cnc2c(cnn2-c2ccc(C)cc2)c1=O. The van der Waals surface area contributed by atoms with Gasteiger partial charge in [-0.3, -0.25) is 14.2 Å². The molecule has 0 aliphatic carbocycles. The minimum Gasteiger partial charge on any atom is -0.496 e. The van der Waals surface area contributed by atoms with Crippen LogP contribution in [0, 0.1) is 6.92 Å². The molecule has 2 heterocycles. The zero-order valence-electron chi connectivity index (χ0n) is 18.1. The van der Waals surface area contributed by atoms with Gasteiger partial charge in [-0.05, 0) is 37.1 Å². The van der Waals surface area contributed by atoms with Crippen LogP contribution in [0.2, 0.25) is 0 Å². The average molecular weight is 431 g/mol. The summed E-state index contributed by atoms with van der Waals surface area (Å²) in [5, 5.41) is 7.64. The number of fused-ring (bicyclic) bond motifs is 1. The van der Waals surface area contributed by atoms with Crippen molar-refractivity contribution >= 4 is 16.9 Å². The number of aromatic nitrogens is 4. The number of benzene rings is 2. The fraction of sp³-hybridized carbons (Fsp3) is 0.250. The Morgan fingerprint density at radius 3 is 2.69 bits per heavy atom. The predicted octanol–water partition coefficient (Wildman–Crippen LogP) is 2.65. The fourth-order valence-corrected chi connectivity index (χ4v) is 3.54. The lowest BCUT2D eigenvalue weighted by Gasteiger charge is -2.10. The molecule has 0 fully saturated rings. The zero-order chi connectivity index (χ0) is 22.5. The van der Waals surface area contributed by atoms with Gasteiger partial charge in [-0.15, -0.1) is 0 Å². The van der Waals surface area contributed by atoms with Crippen molar-refractivity contribution in [2.24, 2.45) is 0 Å². The highest BCUT2D eigenvalue weighted by Crippen LogP contribution is 2.17. The molecule has 2 aromatic carbocycles. The molecule has 0 aliphatic rings. The van der Waals surface area contributed by atoms with Crippen molar-refractivity contribution < 1.29 is 9.53 Å². The summed E-state index contributed by atoms with van der Waals surface area (Å²) >= 11 is 0. The van der Waals surface area contributed by atoms with E-state index in [1.807, 2.05) is 55.5 Å². The summed E-state index contributed by atoms with van der Waals surface area (Å²) in [7, 11) is 1.63. The number of nitrogens with zero attached hydrogens (tertiary/aromatic N) is 4. The summed E-state index contributed by atoms with van der Waals surface area (Å²) in [6, 6.07) is 15.6. The number of rotatable bonds is 8. The van der Waals surface area contributed by atoms with Crippen LogP contribution < -0.4 is 15.6 Å². The molecular weight excluding hydrogens is 406 g/mol. The quantitative estimate of drug-likeness (QED) is 0.463. The van der Waals surface area contributed by atoms with E-state index in [4.69, 9.17) is 4.74 Å². The summed E-state index contributed by atoms with van der Waals surface area (Å²) in [5.74, 6) is 0.682. The van der Waals surface area contributed by atoms with Crippen LogP contribution in [0.15, 0.2) is 65.8 Å². The summed E-state index contributed by atoms with van der Waals surface area (Å²) in [6.07, 6.45) is 3.85. The summed E-state index contributed by atoms with van der Waals surface area (Å²) in [4.78, 5) is 29.5.